The SMILES string of the molecule is O=C(c1cccnc1)N1CCN(CCN2C(=O)[C@@H]3[C@H](C2=O)[C@H]2C=C[C@@H]3C2)CC1. The van der Waals surface area contributed by atoms with Crippen molar-refractivity contribution in [1.29, 1.82) is 0 Å². The Labute approximate surface area is 164 Å². The van der Waals surface area contributed by atoms with Gasteiger partial charge in [0.05, 0.1) is 17.4 Å². The molecule has 7 nitrogen and oxygen atoms in total. The van der Waals surface area contributed by atoms with Crippen molar-refractivity contribution in [2.24, 2.45) is 23.7 Å². The fourth-order valence-electron chi connectivity index (χ4n) is 5.27. The Morgan fingerprint density at radius 2 is 1.68 bits per heavy atom. The minimum Gasteiger partial charge on any atom is -0.336 e. The average molecular weight is 380 g/mol. The van der Waals surface area contributed by atoms with Gasteiger partial charge < -0.3 is 4.90 Å². The van der Waals surface area contributed by atoms with Crippen LogP contribution in [0, 0.1) is 23.7 Å². The predicted octanol–water partition coefficient (Wildman–Crippen LogP) is 0.647. The first kappa shape index (κ1) is 17.6. The van der Waals surface area contributed by atoms with Crippen molar-refractivity contribution in [3.8, 4) is 0 Å². The number of rotatable bonds is 4. The van der Waals surface area contributed by atoms with Gasteiger partial charge in [-0.05, 0) is 30.4 Å². The average Bonchev–Trinajstić information content (AvgIpc) is 3.41. The molecule has 4 aliphatic rings. The number of pyridine rings is 1. The monoisotopic (exact) mass is 380 g/mol. The highest BCUT2D eigenvalue weighted by Crippen LogP contribution is 2.52. The third-order valence-corrected chi connectivity index (χ3v) is 6.77. The number of aromatic nitrogens is 1. The van der Waals surface area contributed by atoms with E-state index < -0.39 is 0 Å². The minimum absolute atomic E-state index is 0.00782. The Bertz CT molecular complexity index is 801. The van der Waals surface area contributed by atoms with Crippen LogP contribution >= 0.6 is 0 Å². The fourth-order valence-corrected chi connectivity index (χ4v) is 5.27. The third-order valence-electron chi connectivity index (χ3n) is 6.77. The zero-order valence-electron chi connectivity index (χ0n) is 15.7. The van der Waals surface area contributed by atoms with Crippen LogP contribution in [-0.2, 0) is 9.59 Å². The lowest BCUT2D eigenvalue weighted by molar-refractivity contribution is -0.141. The molecule has 0 aromatic carbocycles. The Morgan fingerprint density at radius 3 is 2.29 bits per heavy atom. The summed E-state index contributed by atoms with van der Waals surface area (Å²) in [5.74, 6) is 0.354. The van der Waals surface area contributed by atoms with Crippen LogP contribution in [0.3, 0.4) is 0 Å². The van der Waals surface area contributed by atoms with Gasteiger partial charge in [-0.1, -0.05) is 12.2 Å². The van der Waals surface area contributed by atoms with Gasteiger partial charge in [-0.25, -0.2) is 0 Å². The molecule has 5 rings (SSSR count). The Morgan fingerprint density at radius 1 is 1.00 bits per heavy atom. The molecule has 0 radical (unpaired) electrons. The number of piperazine rings is 1. The van der Waals surface area contributed by atoms with Gasteiger partial charge >= 0.3 is 0 Å². The summed E-state index contributed by atoms with van der Waals surface area (Å²) in [6.45, 7) is 3.93. The second-order valence-electron chi connectivity index (χ2n) is 8.20. The van der Waals surface area contributed by atoms with E-state index >= 15 is 0 Å². The van der Waals surface area contributed by atoms with E-state index in [9.17, 15) is 14.4 Å². The highest BCUT2D eigenvalue weighted by Gasteiger charge is 2.59. The van der Waals surface area contributed by atoms with Gasteiger partial charge in [0, 0.05) is 51.7 Å². The lowest BCUT2D eigenvalue weighted by atomic mass is 9.85. The molecular formula is C21H24N4O3. The van der Waals surface area contributed by atoms with E-state index in [1.165, 1.54) is 4.90 Å². The number of amides is 3. The largest absolute Gasteiger partial charge is 0.336 e. The van der Waals surface area contributed by atoms with Gasteiger partial charge in [-0.15, -0.1) is 0 Å². The van der Waals surface area contributed by atoms with Crippen LogP contribution < -0.4 is 0 Å². The van der Waals surface area contributed by atoms with E-state index in [1.54, 1.807) is 24.5 Å². The first-order chi connectivity index (χ1) is 13.6. The van der Waals surface area contributed by atoms with E-state index in [4.69, 9.17) is 0 Å². The summed E-state index contributed by atoms with van der Waals surface area (Å²) < 4.78 is 0. The Hall–Kier alpha value is -2.54. The molecule has 0 spiro atoms. The molecule has 0 unspecified atom stereocenters. The molecule has 2 aliphatic heterocycles. The topological polar surface area (TPSA) is 73.8 Å². The first-order valence-corrected chi connectivity index (χ1v) is 10.1. The normalized spacial score (nSPS) is 31.7. The van der Waals surface area contributed by atoms with Crippen LogP contribution in [0.1, 0.15) is 16.8 Å². The third kappa shape index (κ3) is 2.76. The smallest absolute Gasteiger partial charge is 0.255 e. The maximum absolute atomic E-state index is 12.8. The van der Waals surface area contributed by atoms with Crippen molar-refractivity contribution >= 4 is 17.7 Å². The summed E-state index contributed by atoms with van der Waals surface area (Å²) in [6.07, 6.45) is 8.47. The number of allylic oxidation sites excluding steroid dienone is 2. The predicted molar refractivity (Wildman–Crippen MR) is 101 cm³/mol. The first-order valence-electron chi connectivity index (χ1n) is 10.1. The number of imide groups is 1. The maximum atomic E-state index is 12.8. The molecule has 3 amide bonds. The van der Waals surface area contributed by atoms with Gasteiger partial charge in [0.25, 0.3) is 5.91 Å². The lowest BCUT2D eigenvalue weighted by Gasteiger charge is -2.35. The van der Waals surface area contributed by atoms with Crippen molar-refractivity contribution in [2.75, 3.05) is 39.3 Å². The fraction of sp³-hybridized carbons (Fsp3) is 0.524. The van der Waals surface area contributed by atoms with Crippen molar-refractivity contribution in [3.05, 3.63) is 42.2 Å². The number of nitrogens with zero attached hydrogens (tertiary/aromatic N) is 4. The molecule has 146 valence electrons. The highest BCUT2D eigenvalue weighted by molar-refractivity contribution is 6.06. The molecule has 1 saturated carbocycles. The maximum Gasteiger partial charge on any atom is 0.255 e. The molecule has 0 N–H and O–H groups in total. The summed E-state index contributed by atoms with van der Waals surface area (Å²) >= 11 is 0. The molecule has 3 heterocycles. The quantitative estimate of drug-likeness (QED) is 0.566. The van der Waals surface area contributed by atoms with E-state index in [2.05, 4.69) is 22.0 Å². The summed E-state index contributed by atoms with van der Waals surface area (Å²) in [4.78, 5) is 47.6. The zero-order chi connectivity index (χ0) is 19.3. The number of carbonyl (C=O) groups excluding carboxylic acids is 3. The number of fused-ring (bicyclic) bond motifs is 5. The highest BCUT2D eigenvalue weighted by atomic mass is 16.2. The van der Waals surface area contributed by atoms with Gasteiger partial charge in [0.1, 0.15) is 0 Å². The molecule has 2 bridgehead atoms. The van der Waals surface area contributed by atoms with Crippen LogP contribution in [0.4, 0.5) is 0 Å². The summed E-state index contributed by atoms with van der Waals surface area (Å²) in [5, 5.41) is 0. The standard InChI is InChI=1S/C21H24N4O3/c26-19(16-2-1-5-22-13-16)24-9-6-23(7-10-24)8-11-25-20(27)17-14-3-4-15(12-14)18(17)21(25)28/h1-5,13-15,17-18H,6-12H2/t14-,15+,17+,18-. The Kier molecular flexibility index (Phi) is 4.27. The molecule has 7 heteroatoms. The molecule has 1 aromatic heterocycles. The van der Waals surface area contributed by atoms with Crippen molar-refractivity contribution in [1.82, 2.24) is 19.7 Å². The van der Waals surface area contributed by atoms with E-state index in [0.29, 0.717) is 31.7 Å². The van der Waals surface area contributed by atoms with Crippen LogP contribution in [0.5, 0.6) is 0 Å². The molecule has 2 aliphatic carbocycles. The van der Waals surface area contributed by atoms with E-state index in [-0.39, 0.29) is 41.4 Å². The minimum atomic E-state index is -0.114. The zero-order valence-corrected chi connectivity index (χ0v) is 15.7. The molecule has 1 aromatic rings. The van der Waals surface area contributed by atoms with E-state index in [0.717, 1.165) is 19.5 Å². The second-order valence-corrected chi connectivity index (χ2v) is 8.20. The van der Waals surface area contributed by atoms with Crippen LogP contribution in [0.25, 0.3) is 0 Å². The van der Waals surface area contributed by atoms with Crippen molar-refractivity contribution in [2.45, 2.75) is 6.42 Å². The van der Waals surface area contributed by atoms with Crippen LogP contribution in [-0.4, -0.2) is 76.7 Å². The van der Waals surface area contributed by atoms with Crippen LogP contribution in [0.2, 0.25) is 0 Å². The summed E-state index contributed by atoms with van der Waals surface area (Å²) in [7, 11) is 0. The van der Waals surface area contributed by atoms with Crippen LogP contribution in [0.15, 0.2) is 36.7 Å². The molecule has 28 heavy (non-hydrogen) atoms. The van der Waals surface area contributed by atoms with Gasteiger partial charge in [-0.3, -0.25) is 29.2 Å². The summed E-state index contributed by atoms with van der Waals surface area (Å²) in [5.41, 5.74) is 0.610. The van der Waals surface area contributed by atoms with Crippen molar-refractivity contribution in [3.63, 3.8) is 0 Å². The number of likely N-dealkylation sites (tertiary alicyclic amines) is 1. The number of hydrogen-bond acceptors (Lipinski definition) is 5. The molecule has 2 saturated heterocycles. The van der Waals surface area contributed by atoms with Gasteiger partial charge in [0.2, 0.25) is 11.8 Å². The van der Waals surface area contributed by atoms with Gasteiger partial charge in [0.15, 0.2) is 0 Å². The molecular weight excluding hydrogens is 356 g/mol. The second kappa shape index (κ2) is 6.81. The summed E-state index contributed by atoms with van der Waals surface area (Å²) in [6, 6.07) is 3.55. The Balaban J connectivity index is 1.14. The van der Waals surface area contributed by atoms with Crippen molar-refractivity contribution < 1.29 is 14.4 Å². The van der Waals surface area contributed by atoms with E-state index in [1.807, 2.05) is 4.90 Å². The molecule has 3 fully saturated rings. The van der Waals surface area contributed by atoms with Gasteiger partial charge in [-0.2, -0.15) is 0 Å². The molecule has 4 atom stereocenters. The lowest BCUT2D eigenvalue weighted by Crippen LogP contribution is -2.50. The number of carbonyl (C=O) groups is 3. The number of hydrogen-bond donors (Lipinski definition) is 0.